The Bertz CT molecular complexity index is 558. The number of hydrogen-bond donors (Lipinski definition) is 1. The van der Waals surface area contributed by atoms with Crippen LogP contribution in [0, 0.1) is 24.1 Å². The van der Waals surface area contributed by atoms with Crippen molar-refractivity contribution >= 4 is 11.8 Å². The Hall–Kier alpha value is -1.87. The molecule has 1 aromatic carbocycles. The Morgan fingerprint density at radius 1 is 1.50 bits per heavy atom. The van der Waals surface area contributed by atoms with Gasteiger partial charge in [0.25, 0.3) is 0 Å². The van der Waals surface area contributed by atoms with Crippen LogP contribution in [-0.4, -0.2) is 15.2 Å². The van der Waals surface area contributed by atoms with Gasteiger partial charge in [-0.25, -0.2) is 9.37 Å². The van der Waals surface area contributed by atoms with Crippen LogP contribution in [0.5, 0.6) is 0 Å². The van der Waals surface area contributed by atoms with Crippen LogP contribution in [0.25, 0.3) is 0 Å². The first-order chi connectivity index (χ1) is 7.69. The van der Waals surface area contributed by atoms with Crippen molar-refractivity contribution in [3.63, 3.8) is 0 Å². The number of hydrogen-bond acceptors (Lipinski definition) is 4. The molecule has 4 nitrogen and oxygen atoms in total. The van der Waals surface area contributed by atoms with Gasteiger partial charge >= 0.3 is 0 Å². The van der Waals surface area contributed by atoms with Gasteiger partial charge in [0.15, 0.2) is 0 Å². The average molecular weight is 234 g/mol. The van der Waals surface area contributed by atoms with Gasteiger partial charge in [-0.15, -0.1) is 5.10 Å². The molecule has 80 valence electrons. The third kappa shape index (κ3) is 2.20. The second-order valence-corrected chi connectivity index (χ2v) is 4.07. The zero-order valence-corrected chi connectivity index (χ0v) is 9.18. The summed E-state index contributed by atoms with van der Waals surface area (Å²) in [6.45, 7) is 1.77. The molecule has 6 heteroatoms. The number of aryl methyl sites for hydroxylation is 1. The highest BCUT2D eigenvalue weighted by atomic mass is 32.2. The van der Waals surface area contributed by atoms with E-state index in [1.165, 1.54) is 6.07 Å². The molecule has 0 spiro atoms. The standard InChI is InChI=1S/C10H7FN4S/c1-6-13-10(15-14-6)16-9-3-2-7(5-12)4-8(9)11/h2-4H,1H3,(H,13,14,15). The number of benzene rings is 1. The average Bonchev–Trinajstić information content (AvgIpc) is 2.67. The van der Waals surface area contributed by atoms with Crippen LogP contribution in [0.2, 0.25) is 0 Å². The van der Waals surface area contributed by atoms with Gasteiger partial charge in [-0.3, -0.25) is 5.10 Å². The Morgan fingerprint density at radius 2 is 2.31 bits per heavy atom. The molecule has 2 rings (SSSR count). The molecular weight excluding hydrogens is 227 g/mol. The second kappa shape index (κ2) is 4.33. The monoisotopic (exact) mass is 234 g/mol. The summed E-state index contributed by atoms with van der Waals surface area (Å²) in [5, 5.41) is 15.6. The Labute approximate surface area is 95.5 Å². The molecular formula is C10H7FN4S. The highest BCUT2D eigenvalue weighted by Crippen LogP contribution is 2.27. The number of rotatable bonds is 2. The Balaban J connectivity index is 2.26. The normalized spacial score (nSPS) is 10.1. The van der Waals surface area contributed by atoms with Crippen molar-refractivity contribution in [1.82, 2.24) is 15.2 Å². The fourth-order valence-electron chi connectivity index (χ4n) is 1.12. The summed E-state index contributed by atoms with van der Waals surface area (Å²) in [5.41, 5.74) is 0.299. The summed E-state index contributed by atoms with van der Waals surface area (Å²) in [7, 11) is 0. The maximum Gasteiger partial charge on any atom is 0.213 e. The van der Waals surface area contributed by atoms with Crippen molar-refractivity contribution < 1.29 is 4.39 Å². The third-order valence-corrected chi connectivity index (χ3v) is 2.76. The van der Waals surface area contributed by atoms with Crippen molar-refractivity contribution in [3.8, 4) is 6.07 Å². The summed E-state index contributed by atoms with van der Waals surface area (Å²) in [6, 6.07) is 6.18. The van der Waals surface area contributed by atoms with E-state index in [1.807, 2.05) is 6.07 Å². The van der Waals surface area contributed by atoms with Gasteiger partial charge in [0.1, 0.15) is 11.6 Å². The zero-order chi connectivity index (χ0) is 11.5. The van der Waals surface area contributed by atoms with Crippen LogP contribution >= 0.6 is 11.8 Å². The van der Waals surface area contributed by atoms with Gasteiger partial charge in [-0.1, -0.05) is 0 Å². The molecule has 0 atom stereocenters. The highest BCUT2D eigenvalue weighted by molar-refractivity contribution is 7.99. The zero-order valence-electron chi connectivity index (χ0n) is 8.36. The summed E-state index contributed by atoms with van der Waals surface area (Å²) in [6.07, 6.45) is 0. The predicted octanol–water partition coefficient (Wildman–Crippen LogP) is 2.28. The quantitative estimate of drug-likeness (QED) is 0.865. The first-order valence-electron chi connectivity index (χ1n) is 4.45. The van der Waals surface area contributed by atoms with Crippen molar-refractivity contribution in [2.75, 3.05) is 0 Å². The number of aromatic nitrogens is 3. The van der Waals surface area contributed by atoms with Gasteiger partial charge < -0.3 is 0 Å². The minimum atomic E-state index is -0.438. The van der Waals surface area contributed by atoms with Crippen LogP contribution in [0.15, 0.2) is 28.3 Å². The molecule has 2 aromatic rings. The van der Waals surface area contributed by atoms with Crippen LogP contribution in [0.1, 0.15) is 11.4 Å². The lowest BCUT2D eigenvalue weighted by atomic mass is 10.2. The number of H-pyrrole nitrogens is 1. The molecule has 0 bridgehead atoms. The van der Waals surface area contributed by atoms with Crippen molar-refractivity contribution in [1.29, 1.82) is 5.26 Å². The lowest BCUT2D eigenvalue weighted by molar-refractivity contribution is 0.601. The molecule has 0 saturated carbocycles. The molecule has 0 radical (unpaired) electrons. The van der Waals surface area contributed by atoms with E-state index in [2.05, 4.69) is 15.2 Å². The molecule has 1 heterocycles. The van der Waals surface area contributed by atoms with Crippen LogP contribution in [-0.2, 0) is 0 Å². The molecule has 0 unspecified atom stereocenters. The van der Waals surface area contributed by atoms with Crippen molar-refractivity contribution in [2.45, 2.75) is 17.0 Å². The largest absolute Gasteiger partial charge is 0.262 e. The topological polar surface area (TPSA) is 65.4 Å². The van der Waals surface area contributed by atoms with Gasteiger partial charge in [-0.05, 0) is 36.9 Å². The molecule has 0 fully saturated rings. The predicted molar refractivity (Wildman–Crippen MR) is 56.4 cm³/mol. The van der Waals surface area contributed by atoms with E-state index in [4.69, 9.17) is 5.26 Å². The van der Waals surface area contributed by atoms with E-state index >= 15 is 0 Å². The second-order valence-electron chi connectivity index (χ2n) is 3.06. The molecule has 1 aromatic heterocycles. The van der Waals surface area contributed by atoms with E-state index < -0.39 is 5.82 Å². The van der Waals surface area contributed by atoms with E-state index in [0.717, 1.165) is 11.8 Å². The van der Waals surface area contributed by atoms with Gasteiger partial charge in [-0.2, -0.15) is 5.26 Å². The molecule has 1 N–H and O–H groups in total. The lowest BCUT2D eigenvalue weighted by Gasteiger charge is -1.99. The Morgan fingerprint density at radius 3 is 2.88 bits per heavy atom. The van der Waals surface area contributed by atoms with Gasteiger partial charge in [0.05, 0.1) is 16.5 Å². The summed E-state index contributed by atoms with van der Waals surface area (Å²) < 4.78 is 13.5. The van der Waals surface area contributed by atoms with E-state index in [9.17, 15) is 4.39 Å². The Kier molecular flexibility index (Phi) is 2.88. The molecule has 0 aliphatic rings. The maximum absolute atomic E-state index is 13.5. The SMILES string of the molecule is Cc1nc(Sc2ccc(C#N)cc2F)n[nH]1. The van der Waals surface area contributed by atoms with Crippen LogP contribution < -0.4 is 0 Å². The van der Waals surface area contributed by atoms with Crippen LogP contribution in [0.4, 0.5) is 4.39 Å². The number of nitrogens with one attached hydrogen (secondary N) is 1. The molecule has 16 heavy (non-hydrogen) atoms. The number of nitrogens with zero attached hydrogens (tertiary/aromatic N) is 3. The number of nitriles is 1. The fraction of sp³-hybridized carbons (Fsp3) is 0.100. The van der Waals surface area contributed by atoms with Crippen molar-refractivity contribution in [3.05, 3.63) is 35.4 Å². The molecule has 0 saturated heterocycles. The first-order valence-corrected chi connectivity index (χ1v) is 5.27. The summed E-state index contributed by atoms with van der Waals surface area (Å²) >= 11 is 1.12. The van der Waals surface area contributed by atoms with Crippen LogP contribution in [0.3, 0.4) is 0 Å². The minimum absolute atomic E-state index is 0.299. The summed E-state index contributed by atoms with van der Waals surface area (Å²) in [5.74, 6) is 0.239. The number of halogens is 1. The molecule has 0 aliphatic carbocycles. The van der Waals surface area contributed by atoms with Gasteiger partial charge in [0, 0.05) is 0 Å². The first kappa shape index (κ1) is 10.6. The van der Waals surface area contributed by atoms with E-state index in [0.29, 0.717) is 21.4 Å². The lowest BCUT2D eigenvalue weighted by Crippen LogP contribution is -1.84. The molecule has 0 aliphatic heterocycles. The highest BCUT2D eigenvalue weighted by Gasteiger charge is 2.08. The maximum atomic E-state index is 13.5. The summed E-state index contributed by atoms with van der Waals surface area (Å²) in [4.78, 5) is 4.46. The third-order valence-electron chi connectivity index (χ3n) is 1.84. The number of aromatic amines is 1. The van der Waals surface area contributed by atoms with Gasteiger partial charge in [0.2, 0.25) is 5.16 Å². The smallest absolute Gasteiger partial charge is 0.213 e. The fourth-order valence-corrected chi connectivity index (χ4v) is 1.88. The van der Waals surface area contributed by atoms with E-state index in [1.54, 1.807) is 19.1 Å². The minimum Gasteiger partial charge on any atom is -0.262 e. The van der Waals surface area contributed by atoms with Crippen molar-refractivity contribution in [2.24, 2.45) is 0 Å². The van der Waals surface area contributed by atoms with E-state index in [-0.39, 0.29) is 0 Å². The molecule has 0 amide bonds.